The minimum absolute atomic E-state index is 0.118. The number of ether oxygens (including phenoxy) is 21. The number of aryl methyl sites for hydroxylation is 2. The first-order valence-electron chi connectivity index (χ1n) is 37.7. The van der Waals surface area contributed by atoms with Crippen molar-refractivity contribution >= 4 is 51.3 Å². The molecule has 0 atom stereocenters. The van der Waals surface area contributed by atoms with Gasteiger partial charge in [0.25, 0.3) is 0 Å². The number of nitrogens with two attached hydrogens (primary N) is 1. The minimum Gasteiger partial charge on any atom is -0.460 e. The molecule has 0 radical (unpaired) electrons. The zero-order valence-electron chi connectivity index (χ0n) is 64.2. The van der Waals surface area contributed by atoms with Crippen LogP contribution >= 0.6 is 0 Å². The van der Waals surface area contributed by atoms with E-state index in [0.717, 1.165) is 77.7 Å². The third-order valence-corrected chi connectivity index (χ3v) is 14.8. The molecule has 0 fully saturated rings. The minimum atomic E-state index is -0.494. The average molecular weight is 1510 g/mol. The molecule has 31 heteroatoms. The lowest BCUT2D eigenvalue weighted by molar-refractivity contribution is -0.156. The molecule has 0 aliphatic rings. The fraction of sp³-hybridized carbons (Fsp3) is 0.747. The largest absolute Gasteiger partial charge is 0.460 e. The predicted molar refractivity (Wildman–Crippen MR) is 402 cm³/mol. The van der Waals surface area contributed by atoms with Crippen LogP contribution in [0.25, 0.3) is 21.9 Å². The first-order chi connectivity index (χ1) is 52.1. The van der Waals surface area contributed by atoms with Crippen LogP contribution in [-0.4, -0.2) is 316 Å². The number of methoxy groups -OCH3 is 1. The summed E-state index contributed by atoms with van der Waals surface area (Å²) >= 11 is 0. The molecule has 4 rings (SSSR count). The Hall–Kier alpha value is -5.47. The lowest BCUT2D eigenvalue weighted by atomic mass is 10.2. The van der Waals surface area contributed by atoms with Gasteiger partial charge in [-0.25, -0.2) is 9.97 Å². The van der Waals surface area contributed by atoms with Gasteiger partial charge in [-0.3, -0.25) is 14.6 Å². The lowest BCUT2D eigenvalue weighted by Crippen LogP contribution is -2.34. The van der Waals surface area contributed by atoms with E-state index in [1.807, 2.05) is 63.2 Å². The number of nitrogens with one attached hydrogen (secondary N) is 3. The van der Waals surface area contributed by atoms with Gasteiger partial charge in [-0.15, -0.1) is 0 Å². The second kappa shape index (κ2) is 65.4. The molecular formula is C75H128N8O23. The summed E-state index contributed by atoms with van der Waals surface area (Å²) in [4.78, 5) is 39.2. The SMILES string of the molecule is CCCCc1nc2c(N)nc3ccccc3c2n1CCCCN=C(NCCOCCOCCOCCOCCOCCOCCOCCOCCOCCOCCC(=O)OC(C)(C)C)Nc1cccc(CNC(=O)CCOCCOCCOCCOCCOCCOCCOCCOCCOCCOC)c1. The van der Waals surface area contributed by atoms with Gasteiger partial charge in [-0.2, -0.15) is 0 Å². The van der Waals surface area contributed by atoms with Crippen molar-refractivity contribution in [2.45, 2.75) is 91.3 Å². The van der Waals surface area contributed by atoms with Gasteiger partial charge in [-0.05, 0) is 63.8 Å². The van der Waals surface area contributed by atoms with Gasteiger partial charge >= 0.3 is 5.97 Å². The first kappa shape index (κ1) is 92.9. The Morgan fingerprint density at radius 2 is 0.887 bits per heavy atom. The monoisotopic (exact) mass is 1510 g/mol. The smallest absolute Gasteiger partial charge is 0.308 e. The molecule has 0 aliphatic carbocycles. The van der Waals surface area contributed by atoms with E-state index in [1.54, 1.807) is 7.11 Å². The zero-order chi connectivity index (χ0) is 75.5. The number of hydrogen-bond donors (Lipinski definition) is 4. The van der Waals surface area contributed by atoms with Crippen LogP contribution in [0.15, 0.2) is 53.5 Å². The molecule has 4 aromatic rings. The Balaban J connectivity index is 1.00. The molecule has 0 saturated carbocycles. The molecular weight excluding hydrogens is 1380 g/mol. The van der Waals surface area contributed by atoms with Crippen molar-refractivity contribution in [3.05, 3.63) is 59.9 Å². The molecule has 2 aromatic heterocycles. The predicted octanol–water partition coefficient (Wildman–Crippen LogP) is 6.05. The Morgan fingerprint density at radius 3 is 1.32 bits per heavy atom. The number of aromatic nitrogens is 3. The average Bonchev–Trinajstić information content (AvgIpc) is 1.62. The van der Waals surface area contributed by atoms with Crippen LogP contribution in [-0.2, 0) is 129 Å². The van der Waals surface area contributed by atoms with Crippen molar-refractivity contribution in [2.24, 2.45) is 4.99 Å². The number of benzene rings is 2. The summed E-state index contributed by atoms with van der Waals surface area (Å²) in [6.45, 7) is 27.5. The number of carbonyl (C=O) groups is 2. The number of carbonyl (C=O) groups excluding carboxylic acids is 2. The summed E-state index contributed by atoms with van der Waals surface area (Å²) in [6, 6.07) is 16.0. The second-order valence-electron chi connectivity index (χ2n) is 24.7. The number of rotatable bonds is 74. The van der Waals surface area contributed by atoms with Crippen molar-refractivity contribution in [2.75, 3.05) is 289 Å². The summed E-state index contributed by atoms with van der Waals surface area (Å²) in [7, 11) is 1.64. The third kappa shape index (κ3) is 50.3. The molecule has 0 spiro atoms. The highest BCUT2D eigenvalue weighted by molar-refractivity contribution is 6.06. The van der Waals surface area contributed by atoms with Crippen molar-refractivity contribution in [1.29, 1.82) is 0 Å². The fourth-order valence-electron chi connectivity index (χ4n) is 9.61. The van der Waals surface area contributed by atoms with Gasteiger partial charge in [0.1, 0.15) is 16.9 Å². The molecule has 31 nitrogen and oxygen atoms in total. The highest BCUT2D eigenvalue weighted by atomic mass is 16.6. The number of pyridine rings is 1. The van der Waals surface area contributed by atoms with Crippen molar-refractivity contribution < 1.29 is 109 Å². The van der Waals surface area contributed by atoms with E-state index in [0.29, 0.717) is 282 Å². The number of anilines is 2. The summed E-state index contributed by atoms with van der Waals surface area (Å²) < 4.78 is 118. The van der Waals surface area contributed by atoms with E-state index in [2.05, 4.69) is 38.5 Å². The van der Waals surface area contributed by atoms with E-state index in [4.69, 9.17) is 115 Å². The summed E-state index contributed by atoms with van der Waals surface area (Å²) in [5, 5.41) is 11.0. The molecule has 106 heavy (non-hydrogen) atoms. The van der Waals surface area contributed by atoms with Crippen LogP contribution in [0.3, 0.4) is 0 Å². The van der Waals surface area contributed by atoms with Gasteiger partial charge in [0.05, 0.1) is 275 Å². The molecule has 606 valence electrons. The van der Waals surface area contributed by atoms with Gasteiger partial charge in [-0.1, -0.05) is 43.7 Å². The van der Waals surface area contributed by atoms with Crippen LogP contribution < -0.4 is 21.7 Å². The van der Waals surface area contributed by atoms with Crippen molar-refractivity contribution in [1.82, 2.24) is 25.2 Å². The Labute approximate surface area is 628 Å². The zero-order valence-corrected chi connectivity index (χ0v) is 64.2. The number of aliphatic imine (C=N–C) groups is 1. The maximum absolute atomic E-state index is 12.8. The van der Waals surface area contributed by atoms with E-state index in [1.165, 1.54) is 0 Å². The van der Waals surface area contributed by atoms with Gasteiger partial charge < -0.3 is 126 Å². The second-order valence-corrected chi connectivity index (χ2v) is 24.7. The van der Waals surface area contributed by atoms with Crippen molar-refractivity contribution in [3.63, 3.8) is 0 Å². The van der Waals surface area contributed by atoms with Crippen LogP contribution in [0, 0.1) is 0 Å². The highest BCUT2D eigenvalue weighted by Gasteiger charge is 2.18. The Bertz CT molecular complexity index is 2790. The Morgan fingerprint density at radius 1 is 0.472 bits per heavy atom. The summed E-state index contributed by atoms with van der Waals surface area (Å²) in [5.41, 5.74) is 10.4. The molecule has 2 aromatic carbocycles. The van der Waals surface area contributed by atoms with Gasteiger partial charge in [0.2, 0.25) is 5.91 Å². The number of fused-ring (bicyclic) bond motifs is 3. The topological polar surface area (TPSA) is 333 Å². The summed E-state index contributed by atoms with van der Waals surface area (Å²) in [6.07, 6.45) is 5.07. The normalized spacial score (nSPS) is 12.0. The number of nitrogen functional groups attached to an aromatic ring is 1. The lowest BCUT2D eigenvalue weighted by Gasteiger charge is -2.19. The maximum Gasteiger partial charge on any atom is 0.308 e. The van der Waals surface area contributed by atoms with Gasteiger partial charge in [0, 0.05) is 57.2 Å². The fourth-order valence-corrected chi connectivity index (χ4v) is 9.61. The van der Waals surface area contributed by atoms with Gasteiger partial charge in [0.15, 0.2) is 11.8 Å². The standard InChI is InChI=1S/C75H128N8O23/c1-6-7-17-68-82-71-72(66-15-8-9-16-67(66)81-73(71)76)83(68)22-11-10-20-77-74(78-21-25-89-30-33-93-38-41-97-46-49-101-54-57-105-61-60-104-56-53-100-48-45-96-40-37-92-32-29-88-24-19-70(85)106-75(2,3)4)80-65-14-12-13-64(62-65)63-79-69(84)18-23-87-28-31-91-36-39-95-44-47-99-52-55-103-59-58-102-51-50-98-43-42-94-35-34-90-27-26-86-5/h8-9,12-16,62H,6-7,10-11,17-61,63H2,1-5H3,(H2,76,81)(H,79,84)(H2,77,78,80). The number of amides is 1. The molecule has 0 saturated heterocycles. The van der Waals surface area contributed by atoms with E-state index in [-0.39, 0.29) is 31.3 Å². The van der Waals surface area contributed by atoms with Crippen LogP contribution in [0.4, 0.5) is 11.5 Å². The number of guanidine groups is 1. The van der Waals surface area contributed by atoms with E-state index in [9.17, 15) is 9.59 Å². The molecule has 1 amide bonds. The Kier molecular flexibility index (Phi) is 57.3. The molecule has 2 heterocycles. The molecule has 5 N–H and O–H groups in total. The number of nitrogens with zero attached hydrogens (tertiary/aromatic N) is 4. The summed E-state index contributed by atoms with van der Waals surface area (Å²) in [5.74, 6) is 1.69. The molecule has 0 bridgehead atoms. The molecule has 0 aliphatic heterocycles. The quantitative estimate of drug-likeness (QED) is 0.0169. The number of hydrogen-bond acceptors (Lipinski definition) is 27. The van der Waals surface area contributed by atoms with Crippen LogP contribution in [0.1, 0.15) is 77.6 Å². The number of imidazole rings is 1. The number of unbranched alkanes of at least 4 members (excludes halogenated alkanes) is 2. The molecule has 0 unspecified atom stereocenters. The van der Waals surface area contributed by atoms with E-state index >= 15 is 0 Å². The van der Waals surface area contributed by atoms with Crippen LogP contribution in [0.2, 0.25) is 0 Å². The van der Waals surface area contributed by atoms with Crippen molar-refractivity contribution in [3.8, 4) is 0 Å². The van der Waals surface area contributed by atoms with E-state index < -0.39 is 5.60 Å². The third-order valence-electron chi connectivity index (χ3n) is 14.8. The van der Waals surface area contributed by atoms with Crippen LogP contribution in [0.5, 0.6) is 0 Å². The maximum atomic E-state index is 12.8. The first-order valence-corrected chi connectivity index (χ1v) is 37.7. The number of para-hydroxylation sites is 1. The number of esters is 1. The highest BCUT2D eigenvalue weighted by Crippen LogP contribution is 2.30.